The van der Waals surface area contributed by atoms with E-state index in [1.54, 1.807) is 0 Å². The highest BCUT2D eigenvalue weighted by atomic mass is 35.5. The highest BCUT2D eigenvalue weighted by Gasteiger charge is 2.04. The third-order valence-corrected chi connectivity index (χ3v) is 2.24. The summed E-state index contributed by atoms with van der Waals surface area (Å²) in [5, 5.41) is 0. The quantitative estimate of drug-likeness (QED) is 0.440. The summed E-state index contributed by atoms with van der Waals surface area (Å²) >= 11 is 5.46. The van der Waals surface area contributed by atoms with Crippen LogP contribution < -0.4 is 0 Å². The first-order valence-corrected chi connectivity index (χ1v) is 5.17. The van der Waals surface area contributed by atoms with Crippen LogP contribution in [0, 0.1) is 0 Å². The maximum atomic E-state index is 10.7. The molecule has 0 radical (unpaired) electrons. The smallest absolute Gasteiger partial charge is 0.258 e. The van der Waals surface area contributed by atoms with Gasteiger partial charge in [0.25, 0.3) is 5.91 Å². The van der Waals surface area contributed by atoms with Gasteiger partial charge in [-0.15, -0.1) is 4.58 Å². The van der Waals surface area contributed by atoms with E-state index in [-0.39, 0.29) is 5.91 Å². The van der Waals surface area contributed by atoms with Gasteiger partial charge in [-0.1, -0.05) is 30.3 Å². The molecule has 0 fully saturated rings. The molecule has 0 N–H and O–H groups in total. The molecule has 1 rings (SSSR count). The molecule has 0 saturated heterocycles. The summed E-state index contributed by atoms with van der Waals surface area (Å²) in [4.78, 5) is 15.7. The summed E-state index contributed by atoms with van der Waals surface area (Å²) in [6.45, 7) is 1.79. The van der Waals surface area contributed by atoms with Gasteiger partial charge in [0.05, 0.1) is 6.61 Å². The number of carbonyl (C=O) groups is 1. The highest BCUT2D eigenvalue weighted by Crippen LogP contribution is 2.04. The summed E-state index contributed by atoms with van der Waals surface area (Å²) < 4.78 is 0.741. The molecular formula is C11H14ClNO2. The van der Waals surface area contributed by atoms with E-state index in [0.717, 1.165) is 17.4 Å². The molecule has 1 amide bonds. The molecule has 82 valence electrons. The molecule has 0 unspecified atom stereocenters. The van der Waals surface area contributed by atoms with E-state index in [9.17, 15) is 4.79 Å². The second-order valence-electron chi connectivity index (χ2n) is 3.19. The van der Waals surface area contributed by atoms with E-state index in [1.807, 2.05) is 18.2 Å². The van der Waals surface area contributed by atoms with Crippen LogP contribution in [0.2, 0.25) is 0 Å². The number of benzene rings is 1. The lowest BCUT2D eigenvalue weighted by atomic mass is 10.1. The fourth-order valence-corrected chi connectivity index (χ4v) is 1.23. The van der Waals surface area contributed by atoms with Gasteiger partial charge in [-0.05, 0) is 18.4 Å². The molecule has 15 heavy (non-hydrogen) atoms. The number of hydrogen-bond donors (Lipinski definition) is 0. The van der Waals surface area contributed by atoms with Crippen LogP contribution in [0.1, 0.15) is 18.9 Å². The average Bonchev–Trinajstić information content (AvgIpc) is 2.25. The summed E-state index contributed by atoms with van der Waals surface area (Å²) in [5.74, 6) is -0.309. The molecule has 4 heteroatoms. The highest BCUT2D eigenvalue weighted by molar-refractivity contribution is 6.19. The summed E-state index contributed by atoms with van der Waals surface area (Å²) in [6, 6.07) is 10.1. The van der Waals surface area contributed by atoms with Gasteiger partial charge >= 0.3 is 0 Å². The number of hydrogen-bond acceptors (Lipinski definition) is 2. The number of aryl methyl sites for hydroxylation is 1. The minimum atomic E-state index is -0.309. The average molecular weight is 228 g/mol. The van der Waals surface area contributed by atoms with Crippen molar-refractivity contribution < 1.29 is 9.63 Å². The Morgan fingerprint density at radius 3 is 2.67 bits per heavy atom. The lowest BCUT2D eigenvalue weighted by molar-refractivity contribution is -0.156. The predicted octanol–water partition coefficient (Wildman–Crippen LogP) is 2.55. The minimum Gasteiger partial charge on any atom is -0.272 e. The third kappa shape index (κ3) is 4.81. The lowest BCUT2D eigenvalue weighted by Crippen LogP contribution is -2.19. The monoisotopic (exact) mass is 227 g/mol. The summed E-state index contributed by atoms with van der Waals surface area (Å²) in [6.07, 6.45) is 1.75. The first kappa shape index (κ1) is 12.0. The number of halogens is 1. The molecule has 0 aliphatic heterocycles. The lowest BCUT2D eigenvalue weighted by Gasteiger charge is -2.10. The van der Waals surface area contributed by atoms with E-state index in [0.29, 0.717) is 6.61 Å². The Bertz CT molecular complexity index is 303. The number of rotatable bonds is 5. The van der Waals surface area contributed by atoms with Crippen molar-refractivity contribution in [3.63, 3.8) is 0 Å². The van der Waals surface area contributed by atoms with Gasteiger partial charge in [0.2, 0.25) is 0 Å². The van der Waals surface area contributed by atoms with Gasteiger partial charge < -0.3 is 0 Å². The first-order chi connectivity index (χ1) is 7.20. The van der Waals surface area contributed by atoms with Gasteiger partial charge in [-0.25, -0.2) is 0 Å². The zero-order chi connectivity index (χ0) is 11.1. The summed E-state index contributed by atoms with van der Waals surface area (Å²) in [7, 11) is 0. The largest absolute Gasteiger partial charge is 0.272 e. The van der Waals surface area contributed by atoms with Gasteiger partial charge in [0, 0.05) is 18.7 Å². The summed E-state index contributed by atoms with van der Waals surface area (Å²) in [5.41, 5.74) is 1.25. The zero-order valence-corrected chi connectivity index (χ0v) is 9.41. The fourth-order valence-electron chi connectivity index (χ4n) is 1.16. The van der Waals surface area contributed by atoms with Gasteiger partial charge in [-0.2, -0.15) is 0 Å². The van der Waals surface area contributed by atoms with Crippen LogP contribution in [0.25, 0.3) is 0 Å². The van der Waals surface area contributed by atoms with E-state index in [2.05, 4.69) is 12.1 Å². The Morgan fingerprint density at radius 2 is 2.07 bits per heavy atom. The van der Waals surface area contributed by atoms with E-state index >= 15 is 0 Å². The van der Waals surface area contributed by atoms with Crippen LogP contribution in [0.4, 0.5) is 0 Å². The molecule has 3 nitrogen and oxygen atoms in total. The van der Waals surface area contributed by atoms with Crippen LogP contribution in [-0.2, 0) is 16.1 Å². The van der Waals surface area contributed by atoms with Crippen LogP contribution in [-0.4, -0.2) is 17.1 Å². The standard InChI is InChI=1S/C11H14ClNO2/c1-10(14)13(12)15-9-5-8-11-6-3-2-4-7-11/h2-4,6-7H,5,8-9H2,1H3. The van der Waals surface area contributed by atoms with Crippen molar-refractivity contribution in [2.45, 2.75) is 19.8 Å². The number of carbonyl (C=O) groups excluding carboxylic acids is 1. The van der Waals surface area contributed by atoms with Crippen molar-refractivity contribution in [1.29, 1.82) is 0 Å². The first-order valence-electron chi connectivity index (χ1n) is 4.83. The van der Waals surface area contributed by atoms with Crippen molar-refractivity contribution in [2.24, 2.45) is 0 Å². The topological polar surface area (TPSA) is 29.5 Å². The Balaban J connectivity index is 2.15. The van der Waals surface area contributed by atoms with Gasteiger partial charge in [-0.3, -0.25) is 9.63 Å². The van der Waals surface area contributed by atoms with Crippen LogP contribution in [0.15, 0.2) is 30.3 Å². The Hall–Kier alpha value is -1.06. The number of nitrogens with zero attached hydrogens (tertiary/aromatic N) is 1. The molecule has 0 atom stereocenters. The number of amides is 1. The maximum absolute atomic E-state index is 10.7. The van der Waals surface area contributed by atoms with Crippen molar-refractivity contribution in [1.82, 2.24) is 4.58 Å². The van der Waals surface area contributed by atoms with Crippen molar-refractivity contribution >= 4 is 17.7 Å². The predicted molar refractivity (Wildman–Crippen MR) is 59.1 cm³/mol. The molecule has 0 aromatic heterocycles. The normalized spacial score (nSPS) is 10.0. The van der Waals surface area contributed by atoms with Gasteiger partial charge in [0.1, 0.15) is 0 Å². The second kappa shape index (κ2) is 6.43. The van der Waals surface area contributed by atoms with Crippen LogP contribution in [0.3, 0.4) is 0 Å². The van der Waals surface area contributed by atoms with E-state index in [4.69, 9.17) is 16.6 Å². The van der Waals surface area contributed by atoms with E-state index < -0.39 is 0 Å². The van der Waals surface area contributed by atoms with Crippen LogP contribution in [0.5, 0.6) is 0 Å². The molecule has 0 bridgehead atoms. The number of hydroxylamine groups is 1. The van der Waals surface area contributed by atoms with Crippen molar-refractivity contribution in [2.75, 3.05) is 6.61 Å². The zero-order valence-electron chi connectivity index (χ0n) is 8.65. The molecule has 0 aliphatic carbocycles. The maximum Gasteiger partial charge on any atom is 0.258 e. The SMILES string of the molecule is CC(=O)N(Cl)OCCCc1ccccc1. The molecule has 1 aromatic rings. The fraction of sp³-hybridized carbons (Fsp3) is 0.364. The van der Waals surface area contributed by atoms with Crippen molar-refractivity contribution in [3.05, 3.63) is 35.9 Å². The third-order valence-electron chi connectivity index (χ3n) is 1.90. The molecular weight excluding hydrogens is 214 g/mol. The van der Waals surface area contributed by atoms with Gasteiger partial charge in [0.15, 0.2) is 0 Å². The van der Waals surface area contributed by atoms with Crippen LogP contribution >= 0.6 is 11.8 Å². The molecule has 0 aliphatic rings. The molecule has 0 heterocycles. The Morgan fingerprint density at radius 1 is 1.40 bits per heavy atom. The van der Waals surface area contributed by atoms with Crippen molar-refractivity contribution in [3.8, 4) is 0 Å². The molecule has 1 aromatic carbocycles. The molecule has 0 spiro atoms. The van der Waals surface area contributed by atoms with E-state index in [1.165, 1.54) is 12.5 Å². The second-order valence-corrected chi connectivity index (χ2v) is 3.49. The Kier molecular flexibility index (Phi) is 5.15. The minimum absolute atomic E-state index is 0.309. The molecule has 0 saturated carbocycles. The Labute approximate surface area is 94.7 Å².